The third-order valence-electron chi connectivity index (χ3n) is 2.68. The Bertz CT molecular complexity index is 476. The zero-order valence-electron chi connectivity index (χ0n) is 11.4. The van der Waals surface area contributed by atoms with Crippen molar-refractivity contribution >= 4 is 13.7 Å². The van der Waals surface area contributed by atoms with E-state index in [0.29, 0.717) is 13.2 Å². The summed E-state index contributed by atoms with van der Waals surface area (Å²) in [7, 11) is -0.937. The summed E-state index contributed by atoms with van der Waals surface area (Å²) in [5.74, 6) is 0. The molecule has 0 aliphatic carbocycles. The molecule has 2 rings (SSSR count). The summed E-state index contributed by atoms with van der Waals surface area (Å²) < 4.78 is 11.3. The minimum absolute atomic E-state index is 0.673. The highest BCUT2D eigenvalue weighted by molar-refractivity contribution is 7.56. The number of hydrogen-bond donors (Lipinski definition) is 0. The predicted molar refractivity (Wildman–Crippen MR) is 81.7 cm³/mol. The fourth-order valence-electron chi connectivity index (χ4n) is 1.83. The van der Waals surface area contributed by atoms with Crippen molar-refractivity contribution in [2.24, 2.45) is 0 Å². The Morgan fingerprint density at radius 1 is 0.737 bits per heavy atom. The average Bonchev–Trinajstić information content (AvgIpc) is 2.48. The number of hydrogen-bond acceptors (Lipinski definition) is 2. The minimum atomic E-state index is -0.937. The van der Waals surface area contributed by atoms with Crippen LogP contribution in [0.25, 0.3) is 11.1 Å². The van der Waals surface area contributed by atoms with Gasteiger partial charge in [-0.2, -0.15) is 0 Å². The van der Waals surface area contributed by atoms with Gasteiger partial charge in [-0.3, -0.25) is 0 Å². The summed E-state index contributed by atoms with van der Waals surface area (Å²) in [5, 5.41) is 1.12. The normalized spacial score (nSPS) is 10.9. The highest BCUT2D eigenvalue weighted by Crippen LogP contribution is 2.37. The second-order valence-electron chi connectivity index (χ2n) is 4.01. The van der Waals surface area contributed by atoms with Gasteiger partial charge in [0.25, 0.3) is 0 Å². The maximum absolute atomic E-state index is 5.66. The average molecular weight is 274 g/mol. The van der Waals surface area contributed by atoms with Crippen molar-refractivity contribution < 1.29 is 9.05 Å². The lowest BCUT2D eigenvalue weighted by molar-refractivity contribution is 0.277. The zero-order valence-corrected chi connectivity index (χ0v) is 12.3. The Hall–Kier alpha value is -1.21. The monoisotopic (exact) mass is 274 g/mol. The van der Waals surface area contributed by atoms with E-state index < -0.39 is 8.38 Å². The lowest BCUT2D eigenvalue weighted by Gasteiger charge is -2.16. The molecule has 0 amide bonds. The fraction of sp³-hybridized carbons (Fsp3) is 0.250. The van der Waals surface area contributed by atoms with Crippen LogP contribution in [-0.4, -0.2) is 13.2 Å². The Labute approximate surface area is 116 Å². The van der Waals surface area contributed by atoms with Gasteiger partial charge in [-0.15, -0.1) is 0 Å². The van der Waals surface area contributed by atoms with Crippen molar-refractivity contribution in [2.75, 3.05) is 13.2 Å². The first kappa shape index (κ1) is 14.2. The van der Waals surface area contributed by atoms with E-state index in [2.05, 4.69) is 48.5 Å². The molecule has 0 aromatic heterocycles. The van der Waals surface area contributed by atoms with Gasteiger partial charge >= 0.3 is 0 Å². The molecule has 0 bridgehead atoms. The van der Waals surface area contributed by atoms with Crippen molar-refractivity contribution in [3.05, 3.63) is 54.6 Å². The molecule has 0 atom stereocenters. The molecule has 2 aromatic carbocycles. The Balaban J connectivity index is 2.17. The van der Waals surface area contributed by atoms with Crippen LogP contribution in [0.5, 0.6) is 0 Å². The smallest absolute Gasteiger partial charge is 0.205 e. The van der Waals surface area contributed by atoms with Crippen molar-refractivity contribution in [1.29, 1.82) is 0 Å². The SMILES string of the molecule is CCOP(OCC)c1ccc(-c2ccccc2)cc1. The van der Waals surface area contributed by atoms with Crippen molar-refractivity contribution in [2.45, 2.75) is 13.8 Å². The maximum Gasteiger partial charge on any atom is 0.205 e. The Morgan fingerprint density at radius 3 is 1.79 bits per heavy atom. The van der Waals surface area contributed by atoms with E-state index in [1.54, 1.807) is 0 Å². The van der Waals surface area contributed by atoms with Gasteiger partial charge < -0.3 is 9.05 Å². The van der Waals surface area contributed by atoms with Crippen LogP contribution in [0.3, 0.4) is 0 Å². The van der Waals surface area contributed by atoms with E-state index in [1.165, 1.54) is 11.1 Å². The molecule has 0 N–H and O–H groups in total. The molecular formula is C16H19O2P. The van der Waals surface area contributed by atoms with Gasteiger partial charge in [-0.05, 0) is 37.1 Å². The van der Waals surface area contributed by atoms with Crippen LogP contribution in [0.2, 0.25) is 0 Å². The maximum atomic E-state index is 5.66. The standard InChI is InChI=1S/C16H19O2P/c1-3-17-19(18-4-2)16-12-10-15(11-13-16)14-8-6-5-7-9-14/h5-13H,3-4H2,1-2H3. The predicted octanol–water partition coefficient (Wildman–Crippen LogP) is 4.36. The summed E-state index contributed by atoms with van der Waals surface area (Å²) in [6.07, 6.45) is 0. The third kappa shape index (κ3) is 3.87. The summed E-state index contributed by atoms with van der Waals surface area (Å²) in [5.41, 5.74) is 2.44. The van der Waals surface area contributed by atoms with Gasteiger partial charge in [0.2, 0.25) is 8.38 Å². The van der Waals surface area contributed by atoms with E-state index in [1.807, 2.05) is 19.9 Å². The summed E-state index contributed by atoms with van der Waals surface area (Å²) in [6, 6.07) is 18.8. The van der Waals surface area contributed by atoms with Gasteiger partial charge in [0.05, 0.1) is 13.2 Å². The minimum Gasteiger partial charge on any atom is -0.331 e. The molecule has 0 heterocycles. The van der Waals surface area contributed by atoms with Gasteiger partial charge in [0.1, 0.15) is 0 Å². The molecule has 2 aromatic rings. The van der Waals surface area contributed by atoms with Gasteiger partial charge in [-0.1, -0.05) is 42.5 Å². The van der Waals surface area contributed by atoms with Crippen LogP contribution in [0, 0.1) is 0 Å². The molecule has 2 nitrogen and oxygen atoms in total. The second-order valence-corrected chi connectivity index (χ2v) is 5.55. The molecule has 0 fully saturated rings. The van der Waals surface area contributed by atoms with Crippen LogP contribution >= 0.6 is 8.38 Å². The number of rotatable bonds is 6. The molecule has 100 valence electrons. The van der Waals surface area contributed by atoms with E-state index in [9.17, 15) is 0 Å². The molecular weight excluding hydrogens is 255 g/mol. The first-order chi connectivity index (χ1) is 9.35. The van der Waals surface area contributed by atoms with Gasteiger partial charge in [0, 0.05) is 5.30 Å². The molecule has 0 aliphatic rings. The summed E-state index contributed by atoms with van der Waals surface area (Å²) >= 11 is 0. The van der Waals surface area contributed by atoms with Crippen molar-refractivity contribution in [3.63, 3.8) is 0 Å². The molecule has 0 aliphatic heterocycles. The van der Waals surface area contributed by atoms with Crippen molar-refractivity contribution in [3.8, 4) is 11.1 Å². The van der Waals surface area contributed by atoms with E-state index >= 15 is 0 Å². The zero-order chi connectivity index (χ0) is 13.5. The van der Waals surface area contributed by atoms with Crippen LogP contribution in [-0.2, 0) is 9.05 Å². The molecule has 0 radical (unpaired) electrons. The number of benzene rings is 2. The summed E-state index contributed by atoms with van der Waals surface area (Å²) in [4.78, 5) is 0. The highest BCUT2D eigenvalue weighted by Gasteiger charge is 2.12. The molecule has 0 unspecified atom stereocenters. The lowest BCUT2D eigenvalue weighted by atomic mass is 10.1. The molecule has 19 heavy (non-hydrogen) atoms. The van der Waals surface area contributed by atoms with E-state index in [0.717, 1.165) is 5.30 Å². The van der Waals surface area contributed by atoms with Crippen LogP contribution in [0.1, 0.15) is 13.8 Å². The van der Waals surface area contributed by atoms with Gasteiger partial charge in [-0.25, -0.2) is 0 Å². The van der Waals surface area contributed by atoms with Crippen LogP contribution in [0.4, 0.5) is 0 Å². The Kier molecular flexibility index (Phi) is 5.53. The third-order valence-corrected chi connectivity index (χ3v) is 4.38. The first-order valence-corrected chi connectivity index (χ1v) is 7.74. The molecule has 0 saturated heterocycles. The van der Waals surface area contributed by atoms with Crippen molar-refractivity contribution in [1.82, 2.24) is 0 Å². The van der Waals surface area contributed by atoms with Crippen LogP contribution < -0.4 is 5.30 Å². The van der Waals surface area contributed by atoms with E-state index in [-0.39, 0.29) is 0 Å². The summed E-state index contributed by atoms with van der Waals surface area (Å²) in [6.45, 7) is 5.33. The van der Waals surface area contributed by atoms with E-state index in [4.69, 9.17) is 9.05 Å². The largest absolute Gasteiger partial charge is 0.331 e. The van der Waals surface area contributed by atoms with Gasteiger partial charge in [0.15, 0.2) is 0 Å². The Morgan fingerprint density at radius 2 is 1.26 bits per heavy atom. The lowest BCUT2D eigenvalue weighted by Crippen LogP contribution is -2.05. The molecule has 3 heteroatoms. The quantitative estimate of drug-likeness (QED) is 0.728. The second kappa shape index (κ2) is 7.40. The molecule has 0 saturated carbocycles. The fourth-order valence-corrected chi connectivity index (χ4v) is 3.06. The highest BCUT2D eigenvalue weighted by atomic mass is 31.2. The first-order valence-electron chi connectivity index (χ1n) is 6.56. The molecule has 0 spiro atoms. The van der Waals surface area contributed by atoms with Crippen LogP contribution in [0.15, 0.2) is 54.6 Å². The topological polar surface area (TPSA) is 18.5 Å².